The van der Waals surface area contributed by atoms with Crippen LogP contribution in [0.25, 0.3) is 22.1 Å². The number of carbonyl (C=O) groups is 2. The highest BCUT2D eigenvalue weighted by Gasteiger charge is 2.19. The molecule has 0 aliphatic heterocycles. The van der Waals surface area contributed by atoms with E-state index in [4.69, 9.17) is 9.15 Å². The van der Waals surface area contributed by atoms with Crippen LogP contribution in [0.1, 0.15) is 6.92 Å². The fourth-order valence-electron chi connectivity index (χ4n) is 2.33. The second-order valence-corrected chi connectivity index (χ2v) is 6.37. The average molecular weight is 371 g/mol. The number of amides is 1. The summed E-state index contributed by atoms with van der Waals surface area (Å²) in [7, 11) is 0. The number of fused-ring (bicyclic) bond motifs is 3. The van der Waals surface area contributed by atoms with Gasteiger partial charge in [-0.3, -0.25) is 9.59 Å². The Kier molecular flexibility index (Phi) is 5.52. The van der Waals surface area contributed by atoms with E-state index >= 15 is 0 Å². The molecule has 0 saturated carbocycles. The summed E-state index contributed by atoms with van der Waals surface area (Å²) in [6.07, 6.45) is 2.11. The molecule has 26 heavy (non-hydrogen) atoms. The summed E-state index contributed by atoms with van der Waals surface area (Å²) in [6, 6.07) is 7.55. The van der Waals surface area contributed by atoms with E-state index in [0.717, 1.165) is 5.39 Å². The SMILES string of the molecule is C=CCNC(=O)[C@@H](C)OC(=O)CSc1ncnc2c1oc1ccccc12. The molecule has 8 heteroatoms. The first kappa shape index (κ1) is 17.9. The van der Waals surface area contributed by atoms with Crippen molar-refractivity contribution in [3.63, 3.8) is 0 Å². The van der Waals surface area contributed by atoms with Gasteiger partial charge in [0.2, 0.25) is 0 Å². The minimum Gasteiger partial charge on any atom is -0.452 e. The molecule has 1 N–H and O–H groups in total. The lowest BCUT2D eigenvalue weighted by Crippen LogP contribution is -2.36. The second-order valence-electron chi connectivity index (χ2n) is 5.41. The Labute approximate surface area is 153 Å². The maximum atomic E-state index is 12.0. The number of rotatable bonds is 7. The number of hydrogen-bond acceptors (Lipinski definition) is 7. The van der Waals surface area contributed by atoms with E-state index in [1.54, 1.807) is 6.08 Å². The van der Waals surface area contributed by atoms with Crippen molar-refractivity contribution in [3.05, 3.63) is 43.2 Å². The third-order valence-corrected chi connectivity index (χ3v) is 4.49. The average Bonchev–Trinajstić information content (AvgIpc) is 3.03. The van der Waals surface area contributed by atoms with Crippen LogP contribution in [0.2, 0.25) is 0 Å². The summed E-state index contributed by atoms with van der Waals surface area (Å²) < 4.78 is 10.9. The number of esters is 1. The molecule has 0 saturated heterocycles. The van der Waals surface area contributed by atoms with E-state index in [9.17, 15) is 9.59 Å². The molecule has 0 aliphatic carbocycles. The topological polar surface area (TPSA) is 94.3 Å². The quantitative estimate of drug-likeness (QED) is 0.295. The third kappa shape index (κ3) is 3.85. The van der Waals surface area contributed by atoms with E-state index < -0.39 is 12.1 Å². The van der Waals surface area contributed by atoms with Crippen molar-refractivity contribution < 1.29 is 18.7 Å². The van der Waals surface area contributed by atoms with Crippen molar-refractivity contribution in [1.82, 2.24) is 15.3 Å². The fraction of sp³-hybridized carbons (Fsp3) is 0.222. The van der Waals surface area contributed by atoms with Crippen LogP contribution in [0.4, 0.5) is 0 Å². The number of ether oxygens (including phenoxy) is 1. The molecule has 2 heterocycles. The van der Waals surface area contributed by atoms with E-state index in [-0.39, 0.29) is 11.7 Å². The minimum atomic E-state index is -0.875. The summed E-state index contributed by atoms with van der Waals surface area (Å²) in [6.45, 7) is 5.35. The molecular formula is C18H17N3O4S. The van der Waals surface area contributed by atoms with Gasteiger partial charge in [0, 0.05) is 11.9 Å². The van der Waals surface area contributed by atoms with Gasteiger partial charge >= 0.3 is 5.97 Å². The molecule has 2 aromatic heterocycles. The van der Waals surface area contributed by atoms with Crippen molar-refractivity contribution in [2.24, 2.45) is 0 Å². The maximum Gasteiger partial charge on any atom is 0.317 e. The molecule has 0 radical (unpaired) electrons. The number of thioether (sulfide) groups is 1. The van der Waals surface area contributed by atoms with Gasteiger partial charge in [-0.1, -0.05) is 30.0 Å². The lowest BCUT2D eigenvalue weighted by molar-refractivity contribution is -0.152. The van der Waals surface area contributed by atoms with Gasteiger partial charge in [0.15, 0.2) is 11.7 Å². The standard InChI is InChI=1S/C18H17N3O4S/c1-3-8-19-17(23)11(2)24-14(22)9-26-18-16-15(20-10-21-18)12-6-4-5-7-13(12)25-16/h3-7,10-11H,1,8-9H2,2H3,(H,19,23)/t11-/m1/s1. The van der Waals surface area contributed by atoms with Crippen LogP contribution in [-0.2, 0) is 14.3 Å². The van der Waals surface area contributed by atoms with Crippen LogP contribution in [0, 0.1) is 0 Å². The zero-order valence-corrected chi connectivity index (χ0v) is 14.9. The van der Waals surface area contributed by atoms with E-state index in [0.29, 0.717) is 28.3 Å². The number of benzene rings is 1. The first-order valence-electron chi connectivity index (χ1n) is 7.93. The fourth-order valence-corrected chi connectivity index (χ4v) is 3.05. The van der Waals surface area contributed by atoms with Crippen molar-refractivity contribution in [1.29, 1.82) is 0 Å². The lowest BCUT2D eigenvalue weighted by atomic mass is 10.2. The number of furan rings is 1. The van der Waals surface area contributed by atoms with Crippen LogP contribution in [-0.4, -0.2) is 40.2 Å². The Balaban J connectivity index is 1.67. The van der Waals surface area contributed by atoms with Crippen LogP contribution in [0.5, 0.6) is 0 Å². The summed E-state index contributed by atoms with van der Waals surface area (Å²) in [4.78, 5) is 32.2. The van der Waals surface area contributed by atoms with Crippen molar-refractivity contribution in [2.75, 3.05) is 12.3 Å². The molecular weight excluding hydrogens is 354 g/mol. The molecule has 7 nitrogen and oxygen atoms in total. The van der Waals surface area contributed by atoms with Gasteiger partial charge in [-0.25, -0.2) is 9.97 Å². The second kappa shape index (κ2) is 8.01. The van der Waals surface area contributed by atoms with Gasteiger partial charge in [-0.2, -0.15) is 0 Å². The molecule has 0 aliphatic rings. The summed E-state index contributed by atoms with van der Waals surface area (Å²) in [5.74, 6) is -0.883. The molecule has 1 atom stereocenters. The highest BCUT2D eigenvalue weighted by Crippen LogP contribution is 2.32. The van der Waals surface area contributed by atoms with Crippen LogP contribution >= 0.6 is 11.8 Å². The molecule has 1 aromatic carbocycles. The van der Waals surface area contributed by atoms with E-state index in [1.165, 1.54) is 25.0 Å². The number of para-hydroxylation sites is 1. The molecule has 0 unspecified atom stereocenters. The van der Waals surface area contributed by atoms with Gasteiger partial charge in [-0.15, -0.1) is 6.58 Å². The minimum absolute atomic E-state index is 0.00222. The number of hydrogen-bond donors (Lipinski definition) is 1. The lowest BCUT2D eigenvalue weighted by Gasteiger charge is -2.12. The Morgan fingerprint density at radius 3 is 3.00 bits per heavy atom. The first-order chi connectivity index (χ1) is 12.6. The molecule has 0 bridgehead atoms. The van der Waals surface area contributed by atoms with Gasteiger partial charge in [0.25, 0.3) is 5.91 Å². The van der Waals surface area contributed by atoms with Crippen LogP contribution < -0.4 is 5.32 Å². The van der Waals surface area contributed by atoms with Gasteiger partial charge in [0.1, 0.15) is 22.5 Å². The monoisotopic (exact) mass is 371 g/mol. The largest absolute Gasteiger partial charge is 0.452 e. The zero-order valence-electron chi connectivity index (χ0n) is 14.1. The van der Waals surface area contributed by atoms with Crippen LogP contribution in [0.15, 0.2) is 52.7 Å². The number of carbonyl (C=O) groups excluding carboxylic acids is 2. The van der Waals surface area contributed by atoms with E-state index in [2.05, 4.69) is 21.9 Å². The molecule has 3 rings (SSSR count). The van der Waals surface area contributed by atoms with Gasteiger partial charge in [-0.05, 0) is 19.1 Å². The maximum absolute atomic E-state index is 12.0. The number of nitrogens with zero attached hydrogens (tertiary/aromatic N) is 2. The molecule has 1 amide bonds. The summed E-state index contributed by atoms with van der Waals surface area (Å²) in [5.41, 5.74) is 1.94. The summed E-state index contributed by atoms with van der Waals surface area (Å²) in [5, 5.41) is 4.01. The predicted molar refractivity (Wildman–Crippen MR) is 98.8 cm³/mol. The molecule has 134 valence electrons. The Morgan fingerprint density at radius 2 is 2.19 bits per heavy atom. The first-order valence-corrected chi connectivity index (χ1v) is 8.92. The highest BCUT2D eigenvalue weighted by molar-refractivity contribution is 8.00. The summed E-state index contributed by atoms with van der Waals surface area (Å²) >= 11 is 1.18. The Bertz CT molecular complexity index is 969. The molecule has 0 fully saturated rings. The van der Waals surface area contributed by atoms with Crippen molar-refractivity contribution >= 4 is 45.7 Å². The normalized spacial score (nSPS) is 12.0. The number of nitrogens with one attached hydrogen (secondary N) is 1. The molecule has 3 aromatic rings. The molecule has 0 spiro atoms. The third-order valence-electron chi connectivity index (χ3n) is 3.55. The zero-order chi connectivity index (χ0) is 18.5. The van der Waals surface area contributed by atoms with Crippen molar-refractivity contribution in [3.8, 4) is 0 Å². The Morgan fingerprint density at radius 1 is 1.38 bits per heavy atom. The van der Waals surface area contributed by atoms with Crippen molar-refractivity contribution in [2.45, 2.75) is 18.1 Å². The predicted octanol–water partition coefficient (Wildman–Crippen LogP) is 2.70. The van der Waals surface area contributed by atoms with E-state index in [1.807, 2.05) is 24.3 Å². The smallest absolute Gasteiger partial charge is 0.317 e. The van der Waals surface area contributed by atoms with Gasteiger partial charge < -0.3 is 14.5 Å². The highest BCUT2D eigenvalue weighted by atomic mass is 32.2. The van der Waals surface area contributed by atoms with Gasteiger partial charge in [0.05, 0.1) is 5.75 Å². The van der Waals surface area contributed by atoms with Crippen LogP contribution in [0.3, 0.4) is 0 Å². The number of aromatic nitrogens is 2. The Hall–Kier alpha value is -2.87.